The number of alkyl halides is 3. The largest absolute Gasteiger partial charge is 0.573 e. The minimum atomic E-state index is -4.83. The average molecular weight is 278 g/mol. The van der Waals surface area contributed by atoms with Crippen LogP contribution in [-0.4, -0.2) is 24.4 Å². The lowest BCUT2D eigenvalue weighted by molar-refractivity contribution is -0.274. The van der Waals surface area contributed by atoms with Crippen LogP contribution in [0.5, 0.6) is 5.75 Å². The third-order valence-electron chi connectivity index (χ3n) is 2.27. The van der Waals surface area contributed by atoms with E-state index < -0.39 is 18.1 Å². The number of carbonyl (C=O) groups excluding carboxylic acids is 1. The van der Waals surface area contributed by atoms with Crippen molar-refractivity contribution in [1.29, 1.82) is 0 Å². The van der Waals surface area contributed by atoms with E-state index in [2.05, 4.69) is 14.5 Å². The van der Waals surface area contributed by atoms with Crippen molar-refractivity contribution >= 4 is 5.97 Å². The Labute approximate surface area is 107 Å². The molecule has 0 aliphatic heterocycles. The summed E-state index contributed by atoms with van der Waals surface area (Å²) in [6.07, 6.45) is -5.10. The predicted molar refractivity (Wildman–Crippen MR) is 59.3 cm³/mol. The van der Waals surface area contributed by atoms with Crippen molar-refractivity contribution in [3.8, 4) is 5.75 Å². The molecule has 0 bridgehead atoms. The zero-order valence-electron chi connectivity index (χ0n) is 10.4. The highest BCUT2D eigenvalue weighted by atomic mass is 19.4. The Kier molecular flexibility index (Phi) is 4.71. The fourth-order valence-corrected chi connectivity index (χ4v) is 1.52. The number of hydrogen-bond donors (Lipinski definition) is 1. The van der Waals surface area contributed by atoms with Gasteiger partial charge in [0.15, 0.2) is 0 Å². The molecule has 0 saturated carbocycles. The fourth-order valence-electron chi connectivity index (χ4n) is 1.52. The second-order valence-corrected chi connectivity index (χ2v) is 3.69. The van der Waals surface area contributed by atoms with Gasteiger partial charge in [-0.15, -0.1) is 13.2 Å². The summed E-state index contributed by atoms with van der Waals surface area (Å²) in [7, 11) is 1.17. The second-order valence-electron chi connectivity index (χ2n) is 3.69. The summed E-state index contributed by atoms with van der Waals surface area (Å²) in [6.45, 7) is 1.26. The van der Waals surface area contributed by atoms with Gasteiger partial charge in [-0.25, -0.2) is 0 Å². The Morgan fingerprint density at radius 1 is 1.47 bits per heavy atom. The molecule has 0 spiro atoms. The number of halogens is 3. The van der Waals surface area contributed by atoms with Crippen molar-refractivity contribution in [1.82, 2.24) is 4.98 Å². The number of aryl methyl sites for hydroxylation is 1. The molecule has 0 radical (unpaired) electrons. The Hall–Kier alpha value is -1.83. The number of esters is 1. The van der Waals surface area contributed by atoms with Crippen LogP contribution in [0.15, 0.2) is 6.07 Å². The van der Waals surface area contributed by atoms with Crippen molar-refractivity contribution in [2.75, 3.05) is 7.11 Å². The highest BCUT2D eigenvalue weighted by molar-refractivity contribution is 5.72. The molecule has 0 aliphatic carbocycles. The number of carbonyl (C=O) groups is 1. The average Bonchev–Trinajstić information content (AvgIpc) is 2.26. The summed E-state index contributed by atoms with van der Waals surface area (Å²) in [5, 5.41) is 0. The first kappa shape index (κ1) is 15.2. The van der Waals surface area contributed by atoms with E-state index in [0.29, 0.717) is 0 Å². The maximum absolute atomic E-state index is 12.3. The highest BCUT2D eigenvalue weighted by Gasteiger charge is 2.32. The van der Waals surface area contributed by atoms with Crippen LogP contribution in [0, 0.1) is 6.92 Å². The van der Waals surface area contributed by atoms with Gasteiger partial charge >= 0.3 is 12.3 Å². The normalized spacial score (nSPS) is 11.3. The zero-order chi connectivity index (χ0) is 14.6. The Balaban J connectivity index is 3.20. The fraction of sp³-hybridized carbons (Fsp3) is 0.455. The highest BCUT2D eigenvalue weighted by Crippen LogP contribution is 2.28. The second kappa shape index (κ2) is 5.87. The quantitative estimate of drug-likeness (QED) is 0.844. The summed E-state index contributed by atoms with van der Waals surface area (Å²) in [4.78, 5) is 15.2. The van der Waals surface area contributed by atoms with E-state index in [1.54, 1.807) is 0 Å². The van der Waals surface area contributed by atoms with Gasteiger partial charge in [0.25, 0.3) is 0 Å². The van der Waals surface area contributed by atoms with Gasteiger partial charge < -0.3 is 15.2 Å². The van der Waals surface area contributed by atoms with E-state index in [-0.39, 0.29) is 29.9 Å². The third kappa shape index (κ3) is 4.40. The predicted octanol–water partition coefficient (Wildman–Crippen LogP) is 1.46. The summed E-state index contributed by atoms with van der Waals surface area (Å²) in [5.41, 5.74) is 5.84. The molecule has 0 fully saturated rings. The van der Waals surface area contributed by atoms with E-state index >= 15 is 0 Å². The molecule has 19 heavy (non-hydrogen) atoms. The molecule has 0 aliphatic rings. The molecule has 1 aromatic rings. The van der Waals surface area contributed by atoms with Crippen molar-refractivity contribution < 1.29 is 27.4 Å². The minimum absolute atomic E-state index is 0.0355. The summed E-state index contributed by atoms with van der Waals surface area (Å²) >= 11 is 0. The van der Waals surface area contributed by atoms with Gasteiger partial charge in [0.2, 0.25) is 0 Å². The van der Waals surface area contributed by atoms with Gasteiger partial charge in [0.1, 0.15) is 5.75 Å². The van der Waals surface area contributed by atoms with Crippen LogP contribution in [0.1, 0.15) is 17.0 Å². The van der Waals surface area contributed by atoms with Gasteiger partial charge in [-0.05, 0) is 6.92 Å². The monoisotopic (exact) mass is 278 g/mol. The molecular weight excluding hydrogens is 265 g/mol. The molecule has 1 aromatic heterocycles. The maximum atomic E-state index is 12.3. The van der Waals surface area contributed by atoms with Gasteiger partial charge in [-0.2, -0.15) is 0 Å². The molecule has 0 unspecified atom stereocenters. The molecule has 0 atom stereocenters. The van der Waals surface area contributed by atoms with Crippen molar-refractivity contribution in [2.24, 2.45) is 5.73 Å². The molecule has 1 rings (SSSR count). The first-order valence-corrected chi connectivity index (χ1v) is 5.29. The number of pyridine rings is 1. The SMILES string of the molecule is COC(=O)Cc1nc(C)cc(OC(F)(F)F)c1CN. The van der Waals surface area contributed by atoms with Crippen LogP contribution >= 0.6 is 0 Å². The molecule has 5 nitrogen and oxygen atoms in total. The van der Waals surface area contributed by atoms with Gasteiger partial charge in [-0.1, -0.05) is 0 Å². The van der Waals surface area contributed by atoms with Crippen LogP contribution in [0.4, 0.5) is 13.2 Å². The number of nitrogens with two attached hydrogens (primary N) is 1. The molecule has 2 N–H and O–H groups in total. The Morgan fingerprint density at radius 3 is 2.58 bits per heavy atom. The van der Waals surface area contributed by atoms with Crippen LogP contribution < -0.4 is 10.5 Å². The lowest BCUT2D eigenvalue weighted by Gasteiger charge is -2.15. The molecule has 0 amide bonds. The summed E-state index contributed by atoms with van der Waals surface area (Å²) in [6, 6.07) is 1.12. The number of ether oxygens (including phenoxy) is 2. The molecule has 8 heteroatoms. The van der Waals surface area contributed by atoms with E-state index in [1.807, 2.05) is 0 Å². The first-order valence-electron chi connectivity index (χ1n) is 5.29. The summed E-state index contributed by atoms with van der Waals surface area (Å²) < 4.78 is 45.2. The molecule has 0 aromatic carbocycles. The van der Waals surface area contributed by atoms with E-state index in [9.17, 15) is 18.0 Å². The maximum Gasteiger partial charge on any atom is 0.573 e. The Morgan fingerprint density at radius 2 is 2.11 bits per heavy atom. The number of methoxy groups -OCH3 is 1. The van der Waals surface area contributed by atoms with Gasteiger partial charge in [-0.3, -0.25) is 9.78 Å². The zero-order valence-corrected chi connectivity index (χ0v) is 10.4. The number of nitrogens with zero attached hydrogens (tertiary/aromatic N) is 1. The van der Waals surface area contributed by atoms with E-state index in [0.717, 1.165) is 6.07 Å². The van der Waals surface area contributed by atoms with Crippen LogP contribution in [-0.2, 0) is 22.5 Å². The first-order chi connectivity index (χ1) is 8.76. The van der Waals surface area contributed by atoms with E-state index in [4.69, 9.17) is 5.73 Å². The van der Waals surface area contributed by atoms with Crippen LogP contribution in [0.2, 0.25) is 0 Å². The minimum Gasteiger partial charge on any atom is -0.469 e. The number of rotatable bonds is 4. The molecular formula is C11H13F3N2O3. The lowest BCUT2D eigenvalue weighted by atomic mass is 10.1. The van der Waals surface area contributed by atoms with Crippen molar-refractivity contribution in [3.63, 3.8) is 0 Å². The molecule has 1 heterocycles. The third-order valence-corrected chi connectivity index (χ3v) is 2.27. The van der Waals surface area contributed by atoms with Crippen LogP contribution in [0.25, 0.3) is 0 Å². The van der Waals surface area contributed by atoms with Crippen molar-refractivity contribution in [3.05, 3.63) is 23.0 Å². The van der Waals surface area contributed by atoms with Gasteiger partial charge in [0.05, 0.1) is 19.2 Å². The molecule has 106 valence electrons. The topological polar surface area (TPSA) is 74.4 Å². The van der Waals surface area contributed by atoms with Gasteiger partial charge in [0, 0.05) is 23.9 Å². The van der Waals surface area contributed by atoms with Crippen LogP contribution in [0.3, 0.4) is 0 Å². The lowest BCUT2D eigenvalue weighted by Crippen LogP contribution is -2.21. The Bertz CT molecular complexity index is 475. The van der Waals surface area contributed by atoms with E-state index in [1.165, 1.54) is 14.0 Å². The number of hydrogen-bond acceptors (Lipinski definition) is 5. The molecule has 0 saturated heterocycles. The van der Waals surface area contributed by atoms with Crippen molar-refractivity contribution in [2.45, 2.75) is 26.3 Å². The number of aromatic nitrogens is 1. The summed E-state index contributed by atoms with van der Waals surface area (Å²) in [5.74, 6) is -1.06. The smallest absolute Gasteiger partial charge is 0.469 e. The standard InChI is InChI=1S/C11H13F3N2O3/c1-6-3-9(19-11(12,13)14)7(5-15)8(16-6)4-10(17)18-2/h3H,4-5,15H2,1-2H3.